The van der Waals surface area contributed by atoms with Gasteiger partial charge in [0, 0.05) is 13.1 Å². The average Bonchev–Trinajstić information content (AvgIpc) is 2.67. The van der Waals surface area contributed by atoms with Crippen LogP contribution in [0.3, 0.4) is 0 Å². The standard InChI is InChI=1S/C19H29N3O5S/c1-15-12-21(13-16(2)27-15)19(23)14-20-8-10-22(11-9-20)28(24,25)18-6-4-17(26-3)5-7-18/h4-7,15-16H,8-14H2,1-3H3/p+1/t15-,16-/m0/s1. The number of morpholine rings is 1. The Bertz CT molecular complexity index is 765. The lowest BCUT2D eigenvalue weighted by molar-refractivity contribution is -0.896. The first-order chi connectivity index (χ1) is 13.3. The third kappa shape index (κ3) is 4.83. The molecule has 1 aromatic rings. The lowest BCUT2D eigenvalue weighted by Gasteiger charge is -2.37. The van der Waals surface area contributed by atoms with E-state index in [1.165, 1.54) is 4.31 Å². The number of piperazine rings is 1. The fraction of sp³-hybridized carbons (Fsp3) is 0.632. The Labute approximate surface area is 167 Å². The monoisotopic (exact) mass is 412 g/mol. The topological polar surface area (TPSA) is 80.6 Å². The van der Waals surface area contributed by atoms with Crippen molar-refractivity contribution in [2.45, 2.75) is 31.0 Å². The number of quaternary nitrogens is 1. The number of rotatable bonds is 5. The van der Waals surface area contributed by atoms with Crippen LogP contribution < -0.4 is 9.64 Å². The van der Waals surface area contributed by atoms with Crippen molar-refractivity contribution in [3.05, 3.63) is 24.3 Å². The van der Waals surface area contributed by atoms with Crippen LogP contribution in [0.15, 0.2) is 29.2 Å². The predicted octanol–water partition coefficient (Wildman–Crippen LogP) is -0.780. The minimum Gasteiger partial charge on any atom is -0.497 e. The normalized spacial score (nSPS) is 24.9. The first kappa shape index (κ1) is 21.0. The summed E-state index contributed by atoms with van der Waals surface area (Å²) in [7, 11) is -1.97. The minimum absolute atomic E-state index is 0.0502. The lowest BCUT2D eigenvalue weighted by Crippen LogP contribution is -3.15. The van der Waals surface area contributed by atoms with E-state index >= 15 is 0 Å². The van der Waals surface area contributed by atoms with Crippen molar-refractivity contribution in [3.63, 3.8) is 0 Å². The molecule has 0 bridgehead atoms. The molecule has 3 rings (SSSR count). The molecule has 2 fully saturated rings. The maximum atomic E-state index is 12.8. The SMILES string of the molecule is COc1ccc(S(=O)(=O)N2CC[NH+](CC(=O)N3C[C@H](C)O[C@@H](C)C3)CC2)cc1. The minimum atomic E-state index is -3.52. The van der Waals surface area contributed by atoms with Crippen LogP contribution in [-0.4, -0.2) is 88.7 Å². The molecular weight excluding hydrogens is 382 g/mol. The Morgan fingerprint density at radius 2 is 1.71 bits per heavy atom. The van der Waals surface area contributed by atoms with Crippen LogP contribution in [0.1, 0.15) is 13.8 Å². The number of carbonyl (C=O) groups is 1. The van der Waals surface area contributed by atoms with Gasteiger partial charge >= 0.3 is 0 Å². The maximum Gasteiger partial charge on any atom is 0.277 e. The van der Waals surface area contributed by atoms with Crippen molar-refractivity contribution in [1.82, 2.24) is 9.21 Å². The number of amides is 1. The molecule has 0 unspecified atom stereocenters. The van der Waals surface area contributed by atoms with Gasteiger partial charge in [0.15, 0.2) is 6.54 Å². The highest BCUT2D eigenvalue weighted by Gasteiger charge is 2.33. The second-order valence-corrected chi connectivity index (χ2v) is 9.50. The van der Waals surface area contributed by atoms with E-state index in [1.807, 2.05) is 18.7 Å². The van der Waals surface area contributed by atoms with Gasteiger partial charge < -0.3 is 19.3 Å². The summed E-state index contributed by atoms with van der Waals surface area (Å²) in [5.41, 5.74) is 0. The number of hydrogen-bond donors (Lipinski definition) is 1. The molecular formula is C19H30N3O5S+. The van der Waals surface area contributed by atoms with E-state index in [1.54, 1.807) is 31.4 Å². The van der Waals surface area contributed by atoms with Crippen molar-refractivity contribution >= 4 is 15.9 Å². The Morgan fingerprint density at radius 3 is 2.25 bits per heavy atom. The number of hydrogen-bond acceptors (Lipinski definition) is 5. The van der Waals surface area contributed by atoms with Crippen LogP contribution in [0, 0.1) is 0 Å². The first-order valence-corrected chi connectivity index (χ1v) is 11.1. The highest BCUT2D eigenvalue weighted by molar-refractivity contribution is 7.89. The first-order valence-electron chi connectivity index (χ1n) is 9.70. The number of benzene rings is 1. The molecule has 0 spiro atoms. The van der Waals surface area contributed by atoms with Gasteiger partial charge in [0.25, 0.3) is 5.91 Å². The van der Waals surface area contributed by atoms with Crippen LogP contribution >= 0.6 is 0 Å². The fourth-order valence-corrected chi connectivity index (χ4v) is 5.26. The van der Waals surface area contributed by atoms with Crippen molar-refractivity contribution in [2.75, 3.05) is 52.9 Å². The Balaban J connectivity index is 1.54. The second-order valence-electron chi connectivity index (χ2n) is 7.56. The predicted molar refractivity (Wildman–Crippen MR) is 104 cm³/mol. The van der Waals surface area contributed by atoms with Crippen LogP contribution in [0.5, 0.6) is 5.75 Å². The largest absolute Gasteiger partial charge is 0.497 e. The smallest absolute Gasteiger partial charge is 0.277 e. The van der Waals surface area contributed by atoms with Crippen LogP contribution in [0.2, 0.25) is 0 Å². The third-order valence-corrected chi connectivity index (χ3v) is 7.21. The maximum absolute atomic E-state index is 12.8. The second kappa shape index (κ2) is 8.77. The van der Waals surface area contributed by atoms with Gasteiger partial charge in [-0.15, -0.1) is 0 Å². The molecule has 0 saturated carbocycles. The number of carbonyl (C=O) groups excluding carboxylic acids is 1. The van der Waals surface area contributed by atoms with Crippen molar-refractivity contribution in [2.24, 2.45) is 0 Å². The van der Waals surface area contributed by atoms with Crippen molar-refractivity contribution < 1.29 is 27.6 Å². The van der Waals surface area contributed by atoms with Crippen LogP contribution in [0.25, 0.3) is 0 Å². The molecule has 2 atom stereocenters. The van der Waals surface area contributed by atoms with E-state index in [0.717, 1.165) is 4.90 Å². The highest BCUT2D eigenvalue weighted by atomic mass is 32.2. The Morgan fingerprint density at radius 1 is 1.14 bits per heavy atom. The van der Waals surface area contributed by atoms with Crippen molar-refractivity contribution in [1.29, 1.82) is 0 Å². The number of nitrogens with zero attached hydrogens (tertiary/aromatic N) is 2. The van der Waals surface area contributed by atoms with E-state index < -0.39 is 10.0 Å². The van der Waals surface area contributed by atoms with Gasteiger partial charge in [-0.3, -0.25) is 4.79 Å². The fourth-order valence-electron chi connectivity index (χ4n) is 3.82. The molecule has 0 aliphatic carbocycles. The summed E-state index contributed by atoms with van der Waals surface area (Å²) < 4.78 is 37.9. The number of nitrogens with one attached hydrogen (secondary N) is 1. The van der Waals surface area contributed by atoms with Gasteiger partial charge in [-0.1, -0.05) is 0 Å². The van der Waals surface area contributed by atoms with E-state index in [9.17, 15) is 13.2 Å². The van der Waals surface area contributed by atoms with E-state index in [4.69, 9.17) is 9.47 Å². The summed E-state index contributed by atoms with van der Waals surface area (Å²) in [6.45, 7) is 7.66. The summed E-state index contributed by atoms with van der Waals surface area (Å²) >= 11 is 0. The quantitative estimate of drug-likeness (QED) is 0.686. The summed E-state index contributed by atoms with van der Waals surface area (Å²) in [6, 6.07) is 6.43. The molecule has 0 radical (unpaired) electrons. The molecule has 1 amide bonds. The van der Waals surface area contributed by atoms with Gasteiger partial charge in [0.05, 0.1) is 50.4 Å². The van der Waals surface area contributed by atoms with Crippen LogP contribution in [-0.2, 0) is 19.6 Å². The van der Waals surface area contributed by atoms with Gasteiger partial charge in [-0.25, -0.2) is 8.42 Å². The summed E-state index contributed by atoms with van der Waals surface area (Å²) in [6.07, 6.45) is 0.100. The van der Waals surface area contributed by atoms with E-state index in [2.05, 4.69) is 0 Å². The molecule has 28 heavy (non-hydrogen) atoms. The summed E-state index contributed by atoms with van der Waals surface area (Å²) in [4.78, 5) is 15.9. The zero-order valence-corrected chi connectivity index (χ0v) is 17.6. The molecule has 9 heteroatoms. The number of methoxy groups -OCH3 is 1. The van der Waals surface area contributed by atoms with E-state index in [-0.39, 0.29) is 23.0 Å². The van der Waals surface area contributed by atoms with Gasteiger partial charge in [-0.2, -0.15) is 4.31 Å². The number of ether oxygens (including phenoxy) is 2. The molecule has 2 saturated heterocycles. The van der Waals surface area contributed by atoms with Gasteiger partial charge in [0.1, 0.15) is 5.75 Å². The van der Waals surface area contributed by atoms with E-state index in [0.29, 0.717) is 51.6 Å². The Kier molecular flexibility index (Phi) is 6.59. The van der Waals surface area contributed by atoms with Gasteiger partial charge in [-0.05, 0) is 38.1 Å². The molecule has 2 aliphatic heterocycles. The molecule has 1 aromatic carbocycles. The third-order valence-electron chi connectivity index (χ3n) is 5.30. The summed E-state index contributed by atoms with van der Waals surface area (Å²) in [5.74, 6) is 0.738. The highest BCUT2D eigenvalue weighted by Crippen LogP contribution is 2.19. The average molecular weight is 413 g/mol. The molecule has 2 heterocycles. The molecule has 2 aliphatic rings. The molecule has 156 valence electrons. The zero-order valence-electron chi connectivity index (χ0n) is 16.8. The van der Waals surface area contributed by atoms with Crippen LogP contribution in [0.4, 0.5) is 0 Å². The number of sulfonamides is 1. The Hall–Kier alpha value is -1.68. The summed E-state index contributed by atoms with van der Waals surface area (Å²) in [5, 5.41) is 0. The molecule has 8 nitrogen and oxygen atoms in total. The van der Waals surface area contributed by atoms with Crippen molar-refractivity contribution in [3.8, 4) is 5.75 Å². The molecule has 1 N–H and O–H groups in total. The lowest BCUT2D eigenvalue weighted by atomic mass is 10.2. The molecule has 0 aromatic heterocycles. The zero-order chi connectivity index (χ0) is 20.3. The van der Waals surface area contributed by atoms with Gasteiger partial charge in [0.2, 0.25) is 10.0 Å².